The van der Waals surface area contributed by atoms with Crippen LogP contribution in [0.3, 0.4) is 0 Å². The van der Waals surface area contributed by atoms with Crippen LogP contribution in [0.2, 0.25) is 0 Å². The predicted octanol–water partition coefficient (Wildman–Crippen LogP) is 6.40. The molecule has 2 aliphatic rings. The minimum atomic E-state index is -0.184. The number of para-hydroxylation sites is 2. The molecule has 4 nitrogen and oxygen atoms in total. The molecule has 0 aromatic heterocycles. The van der Waals surface area contributed by atoms with Gasteiger partial charge in [-0.2, -0.15) is 0 Å². The maximum absolute atomic E-state index is 13.6. The lowest BCUT2D eigenvalue weighted by molar-refractivity contribution is -0.116. The molecule has 0 spiro atoms. The lowest BCUT2D eigenvalue weighted by atomic mass is 9.78. The molecule has 3 aromatic carbocycles. The van der Waals surface area contributed by atoms with E-state index in [0.29, 0.717) is 6.42 Å². The number of hydrogen-bond donors (Lipinski definition) is 2. The number of methoxy groups -OCH3 is 1. The fourth-order valence-corrected chi connectivity index (χ4v) is 5.08. The summed E-state index contributed by atoms with van der Waals surface area (Å²) in [5.41, 5.74) is 6.09. The lowest BCUT2D eigenvalue weighted by Crippen LogP contribution is -2.26. The van der Waals surface area contributed by atoms with Crippen LogP contribution in [0.4, 0.5) is 11.4 Å². The van der Waals surface area contributed by atoms with E-state index in [9.17, 15) is 4.79 Å². The summed E-state index contributed by atoms with van der Waals surface area (Å²) in [5.74, 6) is 1.13. The average molecular weight is 443 g/mol. The van der Waals surface area contributed by atoms with Crippen molar-refractivity contribution in [2.75, 3.05) is 24.0 Å². The van der Waals surface area contributed by atoms with Gasteiger partial charge in [0, 0.05) is 22.6 Å². The van der Waals surface area contributed by atoms with E-state index in [4.69, 9.17) is 4.74 Å². The highest BCUT2D eigenvalue weighted by Crippen LogP contribution is 2.44. The quantitative estimate of drug-likeness (QED) is 0.458. The number of fused-ring (bicyclic) bond motifs is 1. The third kappa shape index (κ3) is 3.89. The fourth-order valence-electron chi connectivity index (χ4n) is 4.67. The number of thioether (sulfide) groups is 1. The molecular formula is C27H26N2O2S. The molecule has 0 radical (unpaired) electrons. The van der Waals surface area contributed by atoms with Gasteiger partial charge < -0.3 is 15.4 Å². The molecule has 0 amide bonds. The predicted molar refractivity (Wildman–Crippen MR) is 132 cm³/mol. The number of ether oxygens (including phenoxy) is 1. The maximum Gasteiger partial charge on any atom is 0.163 e. The molecule has 5 rings (SSSR count). The summed E-state index contributed by atoms with van der Waals surface area (Å²) in [6.45, 7) is 0. The number of anilines is 2. The van der Waals surface area contributed by atoms with Crippen molar-refractivity contribution in [2.45, 2.75) is 29.7 Å². The van der Waals surface area contributed by atoms with Gasteiger partial charge in [0.1, 0.15) is 5.75 Å². The average Bonchev–Trinajstić information content (AvgIpc) is 3.01. The Morgan fingerprint density at radius 3 is 2.44 bits per heavy atom. The second kappa shape index (κ2) is 8.75. The van der Waals surface area contributed by atoms with E-state index in [1.165, 1.54) is 4.90 Å². The van der Waals surface area contributed by atoms with Gasteiger partial charge in [0.15, 0.2) is 5.78 Å². The Bertz CT molecular complexity index is 1190. The molecule has 2 atom stereocenters. The van der Waals surface area contributed by atoms with Gasteiger partial charge in [-0.3, -0.25) is 4.79 Å². The number of rotatable bonds is 4. The van der Waals surface area contributed by atoms with Gasteiger partial charge in [-0.05, 0) is 66.1 Å². The molecule has 162 valence electrons. The third-order valence-corrected chi connectivity index (χ3v) is 7.07. The Balaban J connectivity index is 1.58. The van der Waals surface area contributed by atoms with E-state index < -0.39 is 0 Å². The van der Waals surface area contributed by atoms with E-state index >= 15 is 0 Å². The first kappa shape index (κ1) is 20.7. The van der Waals surface area contributed by atoms with Crippen molar-refractivity contribution in [1.29, 1.82) is 0 Å². The van der Waals surface area contributed by atoms with Gasteiger partial charge in [0.2, 0.25) is 0 Å². The molecule has 0 bridgehead atoms. The number of carbonyl (C=O) groups excluding carboxylic acids is 1. The summed E-state index contributed by atoms with van der Waals surface area (Å²) in [7, 11) is 1.67. The van der Waals surface area contributed by atoms with Crippen LogP contribution in [-0.4, -0.2) is 19.1 Å². The van der Waals surface area contributed by atoms with Crippen LogP contribution in [0.25, 0.3) is 0 Å². The van der Waals surface area contributed by atoms with Gasteiger partial charge in [-0.1, -0.05) is 36.4 Å². The molecule has 3 aromatic rings. The number of benzene rings is 3. The first-order valence-electron chi connectivity index (χ1n) is 10.8. The number of ketones is 1. The van der Waals surface area contributed by atoms with Crippen LogP contribution in [0.5, 0.6) is 5.75 Å². The smallest absolute Gasteiger partial charge is 0.163 e. The summed E-state index contributed by atoms with van der Waals surface area (Å²) in [4.78, 5) is 14.8. The van der Waals surface area contributed by atoms with Crippen LogP contribution in [0.15, 0.2) is 89.0 Å². The molecule has 32 heavy (non-hydrogen) atoms. The monoisotopic (exact) mass is 442 g/mol. The molecule has 0 fully saturated rings. The van der Waals surface area contributed by atoms with Gasteiger partial charge in [0.25, 0.3) is 0 Å². The molecule has 0 saturated heterocycles. The molecule has 1 heterocycles. The van der Waals surface area contributed by atoms with Gasteiger partial charge in [0.05, 0.1) is 24.5 Å². The molecule has 2 N–H and O–H groups in total. The van der Waals surface area contributed by atoms with E-state index in [0.717, 1.165) is 45.9 Å². The summed E-state index contributed by atoms with van der Waals surface area (Å²) in [6.07, 6.45) is 3.35. The Morgan fingerprint density at radius 2 is 1.69 bits per heavy atom. The van der Waals surface area contributed by atoms with Crippen molar-refractivity contribution in [2.24, 2.45) is 0 Å². The molecular weight excluding hydrogens is 416 g/mol. The summed E-state index contributed by atoms with van der Waals surface area (Å²) in [6, 6.07) is 24.6. The minimum absolute atomic E-state index is 0.119. The van der Waals surface area contributed by atoms with Gasteiger partial charge in [-0.25, -0.2) is 0 Å². The Kier molecular flexibility index (Phi) is 5.66. The fraction of sp³-hybridized carbons (Fsp3) is 0.222. The Morgan fingerprint density at radius 1 is 0.906 bits per heavy atom. The summed E-state index contributed by atoms with van der Waals surface area (Å²) >= 11 is 1.72. The third-order valence-electron chi connectivity index (χ3n) is 6.32. The van der Waals surface area contributed by atoms with E-state index in [2.05, 4.69) is 59.4 Å². The molecule has 2 unspecified atom stereocenters. The summed E-state index contributed by atoms with van der Waals surface area (Å²) < 4.78 is 5.42. The van der Waals surface area contributed by atoms with Crippen molar-refractivity contribution >= 4 is 28.9 Å². The molecule has 0 saturated carbocycles. The van der Waals surface area contributed by atoms with Crippen LogP contribution in [0.1, 0.15) is 35.9 Å². The van der Waals surface area contributed by atoms with Gasteiger partial charge >= 0.3 is 0 Å². The second-order valence-electron chi connectivity index (χ2n) is 8.22. The Labute approximate surface area is 193 Å². The number of carbonyl (C=O) groups is 1. The number of allylic oxidation sites excluding steroid dienone is 1. The maximum atomic E-state index is 13.6. The highest BCUT2D eigenvalue weighted by Gasteiger charge is 2.36. The Hall–Kier alpha value is -3.18. The van der Waals surface area contributed by atoms with Crippen LogP contribution >= 0.6 is 11.8 Å². The van der Waals surface area contributed by atoms with Gasteiger partial charge in [-0.15, -0.1) is 11.8 Å². The molecule has 1 aliphatic carbocycles. The largest absolute Gasteiger partial charge is 0.497 e. The first-order chi connectivity index (χ1) is 15.7. The second-order valence-corrected chi connectivity index (χ2v) is 9.10. The topological polar surface area (TPSA) is 50.4 Å². The van der Waals surface area contributed by atoms with Crippen molar-refractivity contribution < 1.29 is 9.53 Å². The minimum Gasteiger partial charge on any atom is -0.497 e. The molecule has 1 aliphatic heterocycles. The number of Topliss-reactive ketones (excluding diaryl/α,β-unsaturated/α-hetero) is 1. The SMILES string of the molecule is COc1cccc(C2CC(=O)C3=C(C2)Nc2ccccc2NC3c2ccc(SC)cc2)c1. The number of hydrogen-bond acceptors (Lipinski definition) is 5. The zero-order valence-corrected chi connectivity index (χ0v) is 19.0. The highest BCUT2D eigenvalue weighted by molar-refractivity contribution is 7.98. The zero-order chi connectivity index (χ0) is 22.1. The van der Waals surface area contributed by atoms with Crippen LogP contribution < -0.4 is 15.4 Å². The number of nitrogens with one attached hydrogen (secondary N) is 2. The van der Waals surface area contributed by atoms with Crippen molar-refractivity contribution in [3.8, 4) is 5.75 Å². The standard InChI is InChI=1S/C27H26N2O2S/c1-31-20-7-5-6-18(14-20)19-15-24-26(25(30)16-19)27(17-10-12-21(32-2)13-11-17)29-23-9-4-3-8-22(23)28-24/h3-14,19,27-29H,15-16H2,1-2H3. The van der Waals surface area contributed by atoms with Crippen molar-refractivity contribution in [1.82, 2.24) is 0 Å². The van der Waals surface area contributed by atoms with Crippen LogP contribution in [-0.2, 0) is 4.79 Å². The van der Waals surface area contributed by atoms with E-state index in [1.807, 2.05) is 30.3 Å². The van der Waals surface area contributed by atoms with E-state index in [1.54, 1.807) is 18.9 Å². The highest BCUT2D eigenvalue weighted by atomic mass is 32.2. The van der Waals surface area contributed by atoms with Crippen molar-refractivity contribution in [3.63, 3.8) is 0 Å². The first-order valence-corrected chi connectivity index (χ1v) is 12.1. The van der Waals surface area contributed by atoms with Crippen molar-refractivity contribution in [3.05, 3.63) is 95.2 Å². The molecule has 5 heteroatoms. The van der Waals surface area contributed by atoms with E-state index in [-0.39, 0.29) is 17.7 Å². The lowest BCUT2D eigenvalue weighted by Gasteiger charge is -2.30. The van der Waals surface area contributed by atoms with Crippen LogP contribution in [0, 0.1) is 0 Å². The summed E-state index contributed by atoms with van der Waals surface area (Å²) in [5, 5.41) is 7.25. The zero-order valence-electron chi connectivity index (χ0n) is 18.2. The normalized spacial score (nSPS) is 19.9.